The van der Waals surface area contributed by atoms with E-state index in [-0.39, 0.29) is 17.0 Å². The zero-order chi connectivity index (χ0) is 23.9. The highest BCUT2D eigenvalue weighted by Gasteiger charge is 2.26. The first kappa shape index (κ1) is 23.8. The maximum atomic E-state index is 6.00. The van der Waals surface area contributed by atoms with Crippen LogP contribution in [-0.2, 0) is 0 Å². The molecule has 0 amide bonds. The van der Waals surface area contributed by atoms with Crippen molar-refractivity contribution in [1.82, 2.24) is 0 Å². The zero-order valence-electron chi connectivity index (χ0n) is 20.6. The average Bonchev–Trinajstić information content (AvgIpc) is 2.91. The van der Waals surface area contributed by atoms with Crippen LogP contribution in [-0.4, -0.2) is 21.2 Å². The van der Waals surface area contributed by atoms with Crippen LogP contribution in [0.25, 0.3) is 49.4 Å². The van der Waals surface area contributed by atoms with E-state index in [2.05, 4.69) is 133 Å². The highest BCUT2D eigenvalue weighted by molar-refractivity contribution is 6.15. The van der Waals surface area contributed by atoms with Gasteiger partial charge in [-0.15, -0.1) is 0 Å². The Morgan fingerprint density at radius 1 is 0.667 bits per heavy atom. The smallest absolute Gasteiger partial charge is 0.223 e. The number of aromatic nitrogens is 1. The van der Waals surface area contributed by atoms with Crippen LogP contribution in [0.15, 0.2) is 109 Å². The van der Waals surface area contributed by atoms with Crippen LogP contribution in [0.3, 0.4) is 0 Å². The Balaban J connectivity index is 0.00000267. The monoisotopic (exact) mass is 534 g/mol. The summed E-state index contributed by atoms with van der Waals surface area (Å²) < 4.78 is 8.34. The molecule has 0 aliphatic heterocycles. The predicted molar refractivity (Wildman–Crippen MR) is 147 cm³/mol. The Labute approximate surface area is 222 Å². The second-order valence-electron chi connectivity index (χ2n) is 9.02. The molecule has 0 atom stereocenters. The van der Waals surface area contributed by atoms with Gasteiger partial charge < -0.3 is 26.6 Å². The van der Waals surface area contributed by atoms with E-state index in [1.54, 1.807) is 7.11 Å². The molecule has 0 N–H and O–H groups in total. The van der Waals surface area contributed by atoms with E-state index in [9.17, 15) is 0 Å². The third-order valence-electron chi connectivity index (χ3n) is 6.80. The molecule has 0 fully saturated rings. The van der Waals surface area contributed by atoms with Crippen LogP contribution in [0, 0.1) is 0 Å². The minimum atomic E-state index is 0. The van der Waals surface area contributed by atoms with Gasteiger partial charge in [0.15, 0.2) is 0 Å². The van der Waals surface area contributed by atoms with Gasteiger partial charge in [0.1, 0.15) is 5.75 Å². The molecule has 0 bridgehead atoms. The van der Waals surface area contributed by atoms with Crippen LogP contribution in [0.5, 0.6) is 5.75 Å². The van der Waals surface area contributed by atoms with Crippen molar-refractivity contribution < 1.29 is 26.3 Å². The maximum absolute atomic E-state index is 6.00. The van der Waals surface area contributed by atoms with Gasteiger partial charge in [0, 0.05) is 49.6 Å². The summed E-state index contributed by atoms with van der Waals surface area (Å²) in [6.07, 6.45) is 0. The third kappa shape index (κ3) is 3.78. The van der Waals surface area contributed by atoms with Crippen LogP contribution >= 0.6 is 0 Å². The number of halogens is 1. The SMILES string of the molecule is COc1cccc2c1c(-c1cccc3ccccc13)c1cc(N(C)C)ccc1[n+]2-c1ccccc1.[Br-]. The second kappa shape index (κ2) is 9.63. The largest absolute Gasteiger partial charge is 1.00 e. The summed E-state index contributed by atoms with van der Waals surface area (Å²) in [7, 11) is 5.94. The molecule has 6 aromatic rings. The lowest BCUT2D eigenvalue weighted by Gasteiger charge is -2.18. The summed E-state index contributed by atoms with van der Waals surface area (Å²) in [5.74, 6) is 0.868. The van der Waals surface area contributed by atoms with E-state index >= 15 is 0 Å². The van der Waals surface area contributed by atoms with E-state index in [0.717, 1.165) is 33.5 Å². The molecule has 0 saturated heterocycles. The highest BCUT2D eigenvalue weighted by Crippen LogP contribution is 2.42. The summed E-state index contributed by atoms with van der Waals surface area (Å²) in [5, 5.41) is 4.76. The van der Waals surface area contributed by atoms with Gasteiger partial charge in [-0.25, -0.2) is 0 Å². The molecule has 4 heteroatoms. The summed E-state index contributed by atoms with van der Waals surface area (Å²) in [5.41, 5.74) is 6.96. The van der Waals surface area contributed by atoms with Crippen LogP contribution in [0.1, 0.15) is 0 Å². The van der Waals surface area contributed by atoms with Gasteiger partial charge in [-0.05, 0) is 34.5 Å². The van der Waals surface area contributed by atoms with Crippen LogP contribution < -0.4 is 31.2 Å². The number of para-hydroxylation sites is 1. The summed E-state index contributed by atoms with van der Waals surface area (Å²) in [4.78, 5) is 2.16. The number of hydrogen-bond acceptors (Lipinski definition) is 2. The normalized spacial score (nSPS) is 11.0. The fourth-order valence-corrected chi connectivity index (χ4v) is 5.17. The maximum Gasteiger partial charge on any atom is 0.223 e. The van der Waals surface area contributed by atoms with Gasteiger partial charge in [0.2, 0.25) is 16.7 Å². The highest BCUT2D eigenvalue weighted by atomic mass is 79.9. The minimum Gasteiger partial charge on any atom is -1.00 e. The second-order valence-corrected chi connectivity index (χ2v) is 9.02. The Morgan fingerprint density at radius 2 is 1.39 bits per heavy atom. The van der Waals surface area contributed by atoms with Crippen LogP contribution in [0.4, 0.5) is 5.69 Å². The van der Waals surface area contributed by atoms with Crippen LogP contribution in [0.2, 0.25) is 0 Å². The standard InChI is InChI=1S/C32H27N2O.BrH/c1-33(2)24-19-20-28-27(21-24)31(26-16-9-12-22-11-7-8-15-25(22)26)32-29(17-10-18-30(32)35-3)34(28)23-13-5-4-6-14-23;/h4-21H,1-3H3;1H/q+1;/p-1. The third-order valence-corrected chi connectivity index (χ3v) is 6.80. The molecule has 0 saturated carbocycles. The summed E-state index contributed by atoms with van der Waals surface area (Å²) in [6.45, 7) is 0. The Morgan fingerprint density at radius 3 is 2.17 bits per heavy atom. The number of pyridine rings is 1. The molecule has 6 rings (SSSR count). The number of benzene rings is 5. The minimum absolute atomic E-state index is 0. The van der Waals surface area contributed by atoms with E-state index in [4.69, 9.17) is 4.74 Å². The van der Waals surface area contributed by atoms with E-state index < -0.39 is 0 Å². The number of anilines is 1. The van der Waals surface area contributed by atoms with Crippen molar-refractivity contribution in [1.29, 1.82) is 0 Å². The lowest BCUT2D eigenvalue weighted by atomic mass is 9.91. The van der Waals surface area contributed by atoms with Crippen molar-refractivity contribution in [3.63, 3.8) is 0 Å². The lowest BCUT2D eigenvalue weighted by molar-refractivity contribution is -0.537. The summed E-state index contributed by atoms with van der Waals surface area (Å²) in [6, 6.07) is 38.8. The van der Waals surface area contributed by atoms with E-state index in [1.165, 1.54) is 27.3 Å². The van der Waals surface area contributed by atoms with Gasteiger partial charge in [-0.1, -0.05) is 66.7 Å². The number of ether oxygens (including phenoxy) is 1. The van der Waals surface area contributed by atoms with Crippen molar-refractivity contribution >= 4 is 38.3 Å². The molecular formula is C32H27BrN2O. The summed E-state index contributed by atoms with van der Waals surface area (Å²) >= 11 is 0. The molecule has 1 heterocycles. The fraction of sp³-hybridized carbons (Fsp3) is 0.0938. The Hall–Kier alpha value is -3.89. The molecule has 0 aliphatic carbocycles. The first-order valence-electron chi connectivity index (χ1n) is 11.9. The first-order valence-corrected chi connectivity index (χ1v) is 11.9. The van der Waals surface area contributed by atoms with Crippen molar-refractivity contribution in [2.24, 2.45) is 0 Å². The molecule has 0 spiro atoms. The first-order chi connectivity index (χ1) is 17.2. The van der Waals surface area contributed by atoms with Crippen molar-refractivity contribution in [2.75, 3.05) is 26.1 Å². The molecular weight excluding hydrogens is 508 g/mol. The molecule has 0 unspecified atom stereocenters. The van der Waals surface area contributed by atoms with E-state index in [0.29, 0.717) is 0 Å². The topological polar surface area (TPSA) is 16.4 Å². The van der Waals surface area contributed by atoms with Gasteiger partial charge in [-0.2, -0.15) is 4.57 Å². The number of methoxy groups -OCH3 is 1. The van der Waals surface area contributed by atoms with Gasteiger partial charge in [0.05, 0.1) is 17.9 Å². The number of nitrogens with zero attached hydrogens (tertiary/aromatic N) is 2. The molecule has 0 aliphatic rings. The molecule has 178 valence electrons. The van der Waals surface area contributed by atoms with Gasteiger partial charge in [-0.3, -0.25) is 0 Å². The van der Waals surface area contributed by atoms with Crippen molar-refractivity contribution in [2.45, 2.75) is 0 Å². The van der Waals surface area contributed by atoms with Crippen molar-refractivity contribution in [3.8, 4) is 22.6 Å². The number of fused-ring (bicyclic) bond motifs is 3. The quantitative estimate of drug-likeness (QED) is 0.249. The van der Waals surface area contributed by atoms with E-state index in [1.807, 2.05) is 0 Å². The van der Waals surface area contributed by atoms with Gasteiger partial charge >= 0.3 is 0 Å². The lowest BCUT2D eigenvalue weighted by Crippen LogP contribution is -3.00. The van der Waals surface area contributed by atoms with Gasteiger partial charge in [0.25, 0.3) is 0 Å². The molecule has 0 radical (unpaired) electrons. The Kier molecular flexibility index (Phi) is 6.38. The number of rotatable bonds is 4. The Bertz CT molecular complexity index is 1710. The predicted octanol–water partition coefficient (Wildman–Crippen LogP) is 4.17. The zero-order valence-corrected chi connectivity index (χ0v) is 22.2. The van der Waals surface area contributed by atoms with Crippen molar-refractivity contribution in [3.05, 3.63) is 109 Å². The molecule has 3 nitrogen and oxygen atoms in total. The molecule has 5 aromatic carbocycles. The fourth-order valence-electron chi connectivity index (χ4n) is 5.17. The molecule has 36 heavy (non-hydrogen) atoms. The molecule has 1 aromatic heterocycles. The average molecular weight is 535 g/mol. The number of hydrogen-bond donors (Lipinski definition) is 0.